The number of halogens is 4. The summed E-state index contributed by atoms with van der Waals surface area (Å²) >= 11 is 0. The second-order valence-corrected chi connectivity index (χ2v) is 3.42. The molecule has 0 spiro atoms. The van der Waals surface area contributed by atoms with Gasteiger partial charge in [-0.1, -0.05) is 0 Å². The normalized spacial score (nSPS) is 10.5. The number of carbonyl (C=O) groups excluding carboxylic acids is 1. The Balaban J connectivity index is 3.44. The molecule has 0 bridgehead atoms. The highest BCUT2D eigenvalue weighted by molar-refractivity contribution is 5.93. The van der Waals surface area contributed by atoms with E-state index in [1.807, 2.05) is 0 Å². The van der Waals surface area contributed by atoms with Crippen LogP contribution in [0.2, 0.25) is 0 Å². The van der Waals surface area contributed by atoms with Crippen LogP contribution in [0.1, 0.15) is 34.8 Å². The molecule has 0 heterocycles. The molecule has 0 saturated heterocycles. The summed E-state index contributed by atoms with van der Waals surface area (Å²) in [5.74, 6) is -1.99. The molecule has 0 radical (unpaired) electrons. The van der Waals surface area contributed by atoms with Gasteiger partial charge in [0.15, 0.2) is 5.75 Å². The minimum atomic E-state index is -3.41. The Morgan fingerprint density at radius 2 is 2.00 bits per heavy atom. The van der Waals surface area contributed by atoms with Crippen LogP contribution in [0, 0.1) is 11.3 Å². The largest absolute Gasteiger partial charge is 0.462 e. The number of esters is 1. The summed E-state index contributed by atoms with van der Waals surface area (Å²) in [6.07, 6.45) is -3.13. The summed E-state index contributed by atoms with van der Waals surface area (Å²) in [5, 5.41) is 8.91. The fourth-order valence-corrected chi connectivity index (χ4v) is 1.48. The quantitative estimate of drug-likeness (QED) is 0.617. The van der Waals surface area contributed by atoms with E-state index in [0.717, 1.165) is 12.1 Å². The van der Waals surface area contributed by atoms with Gasteiger partial charge in [-0.15, -0.1) is 0 Å². The van der Waals surface area contributed by atoms with Crippen molar-refractivity contribution < 1.29 is 31.8 Å². The van der Waals surface area contributed by atoms with Gasteiger partial charge in [-0.05, 0) is 19.1 Å². The number of alkyl halides is 4. The molecule has 0 aliphatic carbocycles. The van der Waals surface area contributed by atoms with Crippen molar-refractivity contribution in [3.8, 4) is 11.8 Å². The van der Waals surface area contributed by atoms with Crippen molar-refractivity contribution in [3.63, 3.8) is 0 Å². The Hall–Kier alpha value is -2.30. The standard InChI is InChI=1S/C12H9F4NO3/c1-2-19-11(18)6-3-4-7(10(13)14)9(8(6)5-17)20-12(15)16/h3-4,10,12H,2H2,1H3. The Bertz CT molecular complexity index is 540. The second kappa shape index (κ2) is 6.75. The van der Waals surface area contributed by atoms with Gasteiger partial charge in [-0.25, -0.2) is 13.6 Å². The summed E-state index contributed by atoms with van der Waals surface area (Å²) in [4.78, 5) is 11.5. The Kier molecular flexibility index (Phi) is 5.32. The van der Waals surface area contributed by atoms with Crippen LogP contribution in [0.5, 0.6) is 5.75 Å². The van der Waals surface area contributed by atoms with Crippen molar-refractivity contribution in [2.24, 2.45) is 0 Å². The molecule has 108 valence electrons. The predicted molar refractivity (Wildman–Crippen MR) is 58.7 cm³/mol. The Morgan fingerprint density at radius 1 is 1.35 bits per heavy atom. The molecule has 0 saturated carbocycles. The van der Waals surface area contributed by atoms with Crippen LogP contribution in [-0.2, 0) is 4.74 Å². The molecule has 1 aromatic carbocycles. The lowest BCUT2D eigenvalue weighted by Gasteiger charge is -2.14. The van der Waals surface area contributed by atoms with Gasteiger partial charge in [-0.2, -0.15) is 14.0 Å². The van der Waals surface area contributed by atoms with Gasteiger partial charge in [0, 0.05) is 0 Å². The molecular weight excluding hydrogens is 282 g/mol. The van der Waals surface area contributed by atoms with Gasteiger partial charge < -0.3 is 9.47 Å². The molecule has 0 amide bonds. The number of rotatable bonds is 5. The van der Waals surface area contributed by atoms with Crippen molar-refractivity contribution in [2.45, 2.75) is 20.0 Å². The van der Waals surface area contributed by atoms with Crippen LogP contribution in [0.4, 0.5) is 17.6 Å². The molecule has 20 heavy (non-hydrogen) atoms. The van der Waals surface area contributed by atoms with E-state index in [-0.39, 0.29) is 6.61 Å². The van der Waals surface area contributed by atoms with Gasteiger partial charge in [0.25, 0.3) is 6.43 Å². The van der Waals surface area contributed by atoms with Gasteiger partial charge >= 0.3 is 12.6 Å². The van der Waals surface area contributed by atoms with E-state index in [9.17, 15) is 22.4 Å². The van der Waals surface area contributed by atoms with E-state index in [2.05, 4.69) is 9.47 Å². The third-order valence-electron chi connectivity index (χ3n) is 2.24. The van der Waals surface area contributed by atoms with Crippen LogP contribution in [-0.4, -0.2) is 19.2 Å². The maximum atomic E-state index is 12.7. The summed E-state index contributed by atoms with van der Waals surface area (Å²) in [5.41, 5.74) is -2.01. The topological polar surface area (TPSA) is 59.3 Å². The van der Waals surface area contributed by atoms with Crippen LogP contribution in [0.3, 0.4) is 0 Å². The van der Waals surface area contributed by atoms with Crippen molar-refractivity contribution in [1.29, 1.82) is 5.26 Å². The molecule has 0 atom stereocenters. The fourth-order valence-electron chi connectivity index (χ4n) is 1.48. The zero-order valence-corrected chi connectivity index (χ0v) is 10.2. The number of benzene rings is 1. The SMILES string of the molecule is CCOC(=O)c1ccc(C(F)F)c(OC(F)F)c1C#N. The number of hydrogen-bond acceptors (Lipinski definition) is 4. The van der Waals surface area contributed by atoms with Gasteiger partial charge in [0.2, 0.25) is 0 Å². The molecule has 1 aromatic rings. The summed E-state index contributed by atoms with van der Waals surface area (Å²) in [6.45, 7) is -1.93. The van der Waals surface area contributed by atoms with Crippen molar-refractivity contribution >= 4 is 5.97 Å². The lowest BCUT2D eigenvalue weighted by molar-refractivity contribution is -0.0522. The minimum Gasteiger partial charge on any atom is -0.462 e. The first-order valence-electron chi connectivity index (χ1n) is 5.39. The van der Waals surface area contributed by atoms with Gasteiger partial charge in [0.1, 0.15) is 11.6 Å². The van der Waals surface area contributed by atoms with Crippen molar-refractivity contribution in [2.75, 3.05) is 6.61 Å². The molecular formula is C12H9F4NO3. The van der Waals surface area contributed by atoms with Crippen LogP contribution in [0.15, 0.2) is 12.1 Å². The molecule has 0 N–H and O–H groups in total. The molecule has 0 aliphatic heterocycles. The van der Waals surface area contributed by atoms with Gasteiger partial charge in [0.05, 0.1) is 17.7 Å². The highest BCUT2D eigenvalue weighted by Crippen LogP contribution is 2.35. The summed E-state index contributed by atoms with van der Waals surface area (Å²) in [6, 6.07) is 3.07. The van der Waals surface area contributed by atoms with Crippen molar-refractivity contribution in [3.05, 3.63) is 28.8 Å². The first-order chi connectivity index (χ1) is 9.42. The van der Waals surface area contributed by atoms with Gasteiger partial charge in [-0.3, -0.25) is 0 Å². The number of nitrogens with zero attached hydrogens (tertiary/aromatic N) is 1. The smallest absolute Gasteiger partial charge is 0.387 e. The number of hydrogen-bond donors (Lipinski definition) is 0. The maximum absolute atomic E-state index is 12.7. The predicted octanol–water partition coefficient (Wildman–Crippen LogP) is 3.27. The van der Waals surface area contributed by atoms with E-state index in [4.69, 9.17) is 5.26 Å². The summed E-state index contributed by atoms with van der Waals surface area (Å²) in [7, 11) is 0. The third kappa shape index (κ3) is 3.38. The molecule has 0 aliphatic rings. The lowest BCUT2D eigenvalue weighted by atomic mass is 10.0. The maximum Gasteiger partial charge on any atom is 0.387 e. The minimum absolute atomic E-state index is 0.0225. The number of carbonyl (C=O) groups is 1. The van der Waals surface area contributed by atoms with E-state index < -0.39 is 41.4 Å². The van der Waals surface area contributed by atoms with E-state index in [0.29, 0.717) is 0 Å². The Morgan fingerprint density at radius 3 is 2.45 bits per heavy atom. The molecule has 4 nitrogen and oxygen atoms in total. The third-order valence-corrected chi connectivity index (χ3v) is 2.24. The number of nitriles is 1. The second-order valence-electron chi connectivity index (χ2n) is 3.42. The lowest BCUT2D eigenvalue weighted by Crippen LogP contribution is -2.12. The highest BCUT2D eigenvalue weighted by atomic mass is 19.3. The van der Waals surface area contributed by atoms with Crippen molar-refractivity contribution in [1.82, 2.24) is 0 Å². The van der Waals surface area contributed by atoms with Crippen LogP contribution in [0.25, 0.3) is 0 Å². The number of ether oxygens (including phenoxy) is 2. The monoisotopic (exact) mass is 291 g/mol. The molecule has 0 unspecified atom stereocenters. The van der Waals surface area contributed by atoms with Crippen LogP contribution >= 0.6 is 0 Å². The fraction of sp³-hybridized carbons (Fsp3) is 0.333. The zero-order chi connectivity index (χ0) is 15.3. The first-order valence-corrected chi connectivity index (χ1v) is 5.39. The van der Waals surface area contributed by atoms with E-state index >= 15 is 0 Å². The molecule has 1 rings (SSSR count). The zero-order valence-electron chi connectivity index (χ0n) is 10.2. The van der Waals surface area contributed by atoms with E-state index in [1.165, 1.54) is 13.0 Å². The molecule has 0 aromatic heterocycles. The average molecular weight is 291 g/mol. The van der Waals surface area contributed by atoms with Crippen LogP contribution < -0.4 is 4.74 Å². The Labute approximate surface area is 111 Å². The average Bonchev–Trinajstić information content (AvgIpc) is 2.37. The molecule has 0 fully saturated rings. The summed E-state index contributed by atoms with van der Waals surface area (Å²) < 4.78 is 58.6. The molecule has 8 heteroatoms. The van der Waals surface area contributed by atoms with E-state index in [1.54, 1.807) is 0 Å². The first kappa shape index (κ1) is 15.8. The highest BCUT2D eigenvalue weighted by Gasteiger charge is 2.26.